The van der Waals surface area contributed by atoms with Crippen LogP contribution in [0.5, 0.6) is 0 Å². The standard InChI is InChI=1S/C12H18BrClO3/c1-7(15)17-10-4-11(13)12(2,3)5-8(10)9(16)6-14/h5,9-11,16H,4,6H2,1-3H3/t9-,10+,11-/m0/s1. The molecule has 0 bridgehead atoms. The minimum Gasteiger partial charge on any atom is -0.458 e. The van der Waals surface area contributed by atoms with E-state index in [1.807, 2.05) is 6.08 Å². The molecule has 0 aliphatic heterocycles. The van der Waals surface area contributed by atoms with Gasteiger partial charge in [0.15, 0.2) is 0 Å². The minimum absolute atomic E-state index is 0.0982. The van der Waals surface area contributed by atoms with Crippen LogP contribution in [0.4, 0.5) is 0 Å². The summed E-state index contributed by atoms with van der Waals surface area (Å²) in [6.07, 6.45) is 1.45. The summed E-state index contributed by atoms with van der Waals surface area (Å²) in [6, 6.07) is 0. The zero-order valence-electron chi connectivity index (χ0n) is 10.2. The lowest BCUT2D eigenvalue weighted by Crippen LogP contribution is -2.39. The predicted molar refractivity (Wildman–Crippen MR) is 71.5 cm³/mol. The quantitative estimate of drug-likeness (QED) is 0.493. The molecule has 0 radical (unpaired) electrons. The van der Waals surface area contributed by atoms with Crippen LogP contribution in [0.25, 0.3) is 0 Å². The van der Waals surface area contributed by atoms with Crippen LogP contribution in [-0.2, 0) is 9.53 Å². The summed E-state index contributed by atoms with van der Waals surface area (Å²) >= 11 is 9.26. The Hall–Kier alpha value is -0.0600. The molecule has 0 aromatic carbocycles. The average Bonchev–Trinajstić information content (AvgIpc) is 2.21. The van der Waals surface area contributed by atoms with Gasteiger partial charge < -0.3 is 9.84 Å². The van der Waals surface area contributed by atoms with E-state index in [0.29, 0.717) is 12.0 Å². The molecule has 3 nitrogen and oxygen atoms in total. The lowest BCUT2D eigenvalue weighted by Gasteiger charge is -2.38. The van der Waals surface area contributed by atoms with E-state index in [1.54, 1.807) is 0 Å². The van der Waals surface area contributed by atoms with E-state index in [2.05, 4.69) is 29.8 Å². The Bertz CT molecular complexity index is 328. The van der Waals surface area contributed by atoms with Gasteiger partial charge in [0.1, 0.15) is 6.10 Å². The largest absolute Gasteiger partial charge is 0.458 e. The second-order valence-corrected chi connectivity index (χ2v) is 6.35. The van der Waals surface area contributed by atoms with E-state index in [4.69, 9.17) is 16.3 Å². The topological polar surface area (TPSA) is 46.5 Å². The number of carbonyl (C=O) groups excluding carboxylic acids is 1. The summed E-state index contributed by atoms with van der Waals surface area (Å²) in [6.45, 7) is 5.50. The summed E-state index contributed by atoms with van der Waals surface area (Å²) in [5.74, 6) is -0.241. The number of carbonyl (C=O) groups is 1. The van der Waals surface area contributed by atoms with E-state index in [9.17, 15) is 9.90 Å². The third kappa shape index (κ3) is 3.70. The zero-order valence-corrected chi connectivity index (χ0v) is 12.6. The van der Waals surface area contributed by atoms with Crippen molar-refractivity contribution in [2.24, 2.45) is 5.41 Å². The number of aliphatic hydroxyl groups excluding tert-OH is 1. The van der Waals surface area contributed by atoms with Crippen LogP contribution in [0.3, 0.4) is 0 Å². The lowest BCUT2D eigenvalue weighted by molar-refractivity contribution is -0.145. The molecule has 0 fully saturated rings. The normalized spacial score (nSPS) is 29.4. The summed E-state index contributed by atoms with van der Waals surface area (Å²) < 4.78 is 5.23. The molecule has 17 heavy (non-hydrogen) atoms. The smallest absolute Gasteiger partial charge is 0.303 e. The first-order valence-corrected chi connectivity index (χ1v) is 7.01. The molecule has 5 heteroatoms. The van der Waals surface area contributed by atoms with Gasteiger partial charge in [-0.3, -0.25) is 4.79 Å². The molecule has 0 spiro atoms. The summed E-state index contributed by atoms with van der Waals surface area (Å²) in [4.78, 5) is 11.3. The molecule has 3 atom stereocenters. The Morgan fingerprint density at radius 3 is 2.82 bits per heavy atom. The lowest BCUT2D eigenvalue weighted by atomic mass is 9.77. The van der Waals surface area contributed by atoms with Crippen LogP contribution in [0.15, 0.2) is 11.6 Å². The van der Waals surface area contributed by atoms with E-state index >= 15 is 0 Å². The van der Waals surface area contributed by atoms with E-state index in [-0.39, 0.29) is 22.1 Å². The summed E-state index contributed by atoms with van der Waals surface area (Å²) in [5, 5.41) is 9.88. The Balaban J connectivity index is 3.00. The number of hydrogen-bond acceptors (Lipinski definition) is 3. The molecule has 98 valence electrons. The van der Waals surface area contributed by atoms with Crippen molar-refractivity contribution in [3.8, 4) is 0 Å². The molecular weight excluding hydrogens is 307 g/mol. The van der Waals surface area contributed by atoms with Gasteiger partial charge in [0.05, 0.1) is 12.0 Å². The van der Waals surface area contributed by atoms with Gasteiger partial charge in [0, 0.05) is 18.2 Å². The van der Waals surface area contributed by atoms with Crippen molar-refractivity contribution in [3.63, 3.8) is 0 Å². The number of ether oxygens (including phenoxy) is 1. The van der Waals surface area contributed by atoms with Crippen molar-refractivity contribution < 1.29 is 14.6 Å². The highest BCUT2D eigenvalue weighted by Crippen LogP contribution is 2.40. The molecule has 1 N–H and O–H groups in total. The molecular formula is C12H18BrClO3. The van der Waals surface area contributed by atoms with Gasteiger partial charge in [-0.05, 0) is 11.0 Å². The van der Waals surface area contributed by atoms with Crippen LogP contribution in [0.2, 0.25) is 0 Å². The summed E-state index contributed by atoms with van der Waals surface area (Å²) in [5.41, 5.74) is 0.606. The predicted octanol–water partition coefficient (Wildman–Crippen LogP) is 2.64. The zero-order chi connectivity index (χ0) is 13.2. The SMILES string of the molecule is CC(=O)O[C@@H]1C[C@H](Br)C(C)(C)C=C1[C@@H](O)CCl. The van der Waals surface area contributed by atoms with Gasteiger partial charge in [-0.1, -0.05) is 35.9 Å². The third-order valence-corrected chi connectivity index (χ3v) is 4.82. The van der Waals surface area contributed by atoms with Gasteiger partial charge in [-0.2, -0.15) is 0 Å². The Kier molecular flexibility index (Phi) is 5.05. The number of halogens is 2. The molecule has 0 aromatic heterocycles. The van der Waals surface area contributed by atoms with Crippen LogP contribution in [0, 0.1) is 5.41 Å². The fourth-order valence-electron chi connectivity index (χ4n) is 1.96. The van der Waals surface area contributed by atoms with Gasteiger partial charge in [-0.15, -0.1) is 11.6 Å². The van der Waals surface area contributed by atoms with Gasteiger partial charge >= 0.3 is 5.97 Å². The number of rotatable bonds is 3. The molecule has 0 saturated carbocycles. The monoisotopic (exact) mass is 324 g/mol. The fraction of sp³-hybridized carbons (Fsp3) is 0.750. The second-order valence-electron chi connectivity index (χ2n) is 4.94. The van der Waals surface area contributed by atoms with Crippen molar-refractivity contribution >= 4 is 33.5 Å². The highest BCUT2D eigenvalue weighted by Gasteiger charge is 2.38. The van der Waals surface area contributed by atoms with Crippen LogP contribution in [0.1, 0.15) is 27.2 Å². The maximum atomic E-state index is 11.1. The van der Waals surface area contributed by atoms with E-state index in [0.717, 1.165) is 0 Å². The van der Waals surface area contributed by atoms with Crippen molar-refractivity contribution in [1.82, 2.24) is 0 Å². The van der Waals surface area contributed by atoms with Crippen molar-refractivity contribution in [2.45, 2.75) is 44.2 Å². The van der Waals surface area contributed by atoms with Crippen LogP contribution >= 0.6 is 27.5 Å². The third-order valence-electron chi connectivity index (χ3n) is 2.98. The molecule has 1 rings (SSSR count). The molecule has 0 unspecified atom stereocenters. The van der Waals surface area contributed by atoms with E-state index in [1.165, 1.54) is 6.92 Å². The molecule has 0 amide bonds. The van der Waals surface area contributed by atoms with Crippen molar-refractivity contribution in [1.29, 1.82) is 0 Å². The first-order chi connectivity index (χ1) is 7.77. The average molecular weight is 326 g/mol. The maximum Gasteiger partial charge on any atom is 0.303 e. The molecule has 0 saturated heterocycles. The molecule has 1 aliphatic rings. The highest BCUT2D eigenvalue weighted by atomic mass is 79.9. The Morgan fingerprint density at radius 1 is 1.76 bits per heavy atom. The summed E-state index contributed by atoms with van der Waals surface area (Å²) in [7, 11) is 0. The number of alkyl halides is 2. The van der Waals surface area contributed by atoms with E-state index < -0.39 is 12.2 Å². The first kappa shape index (κ1) is 15.0. The Labute approximate surface area is 115 Å². The van der Waals surface area contributed by atoms with Gasteiger partial charge in [0.2, 0.25) is 0 Å². The number of esters is 1. The number of hydrogen-bond donors (Lipinski definition) is 1. The molecule has 0 aromatic rings. The number of aliphatic hydroxyl groups is 1. The van der Waals surface area contributed by atoms with Crippen molar-refractivity contribution in [3.05, 3.63) is 11.6 Å². The maximum absolute atomic E-state index is 11.1. The van der Waals surface area contributed by atoms with Crippen LogP contribution in [-0.4, -0.2) is 34.0 Å². The van der Waals surface area contributed by atoms with Crippen LogP contribution < -0.4 is 0 Å². The highest BCUT2D eigenvalue weighted by molar-refractivity contribution is 9.09. The minimum atomic E-state index is -0.764. The fourth-order valence-corrected chi connectivity index (χ4v) is 2.61. The van der Waals surface area contributed by atoms with Gasteiger partial charge in [-0.25, -0.2) is 0 Å². The Morgan fingerprint density at radius 2 is 2.35 bits per heavy atom. The number of allylic oxidation sites excluding steroid dienone is 1. The molecule has 1 aliphatic carbocycles. The van der Waals surface area contributed by atoms with Crippen molar-refractivity contribution in [2.75, 3.05) is 5.88 Å². The van der Waals surface area contributed by atoms with Gasteiger partial charge in [0.25, 0.3) is 0 Å². The molecule has 0 heterocycles. The second kappa shape index (κ2) is 5.72. The first-order valence-electron chi connectivity index (χ1n) is 5.56.